The van der Waals surface area contributed by atoms with E-state index in [0.29, 0.717) is 0 Å². The largest absolute Gasteiger partial charge is 0.319 e. The first-order valence-corrected chi connectivity index (χ1v) is 6.71. The number of nitrogens with zero attached hydrogens (tertiary/aromatic N) is 1. The molecule has 94 valence electrons. The molecular weight excluding hydrogens is 208 g/mol. The summed E-state index contributed by atoms with van der Waals surface area (Å²) in [6, 6.07) is 8.74. The Morgan fingerprint density at radius 1 is 1.35 bits per heavy atom. The quantitative estimate of drug-likeness (QED) is 0.836. The van der Waals surface area contributed by atoms with Crippen molar-refractivity contribution in [3.05, 3.63) is 35.4 Å². The van der Waals surface area contributed by atoms with Gasteiger partial charge in [0.15, 0.2) is 0 Å². The van der Waals surface area contributed by atoms with Crippen molar-refractivity contribution in [3.63, 3.8) is 0 Å². The highest BCUT2D eigenvalue weighted by molar-refractivity contribution is 5.25. The fourth-order valence-corrected chi connectivity index (χ4v) is 2.74. The first-order valence-electron chi connectivity index (χ1n) is 6.71. The van der Waals surface area contributed by atoms with Gasteiger partial charge in [-0.1, -0.05) is 24.3 Å². The van der Waals surface area contributed by atoms with Gasteiger partial charge in [0, 0.05) is 13.1 Å². The molecule has 0 amide bonds. The number of rotatable bonds is 5. The van der Waals surface area contributed by atoms with E-state index < -0.39 is 0 Å². The van der Waals surface area contributed by atoms with Crippen molar-refractivity contribution < 1.29 is 0 Å². The van der Waals surface area contributed by atoms with Gasteiger partial charge in [0.25, 0.3) is 0 Å². The molecule has 17 heavy (non-hydrogen) atoms. The Morgan fingerprint density at radius 3 is 2.94 bits per heavy atom. The van der Waals surface area contributed by atoms with E-state index in [-0.39, 0.29) is 0 Å². The molecule has 2 heteroatoms. The standard InChI is InChI=1S/C15H24N2/c1-13-5-3-4-6-15(13)8-10-17-9-7-14(12-17)11-16-2/h3-6,14,16H,7-12H2,1-2H3. The second kappa shape index (κ2) is 6.18. The molecule has 1 atom stereocenters. The van der Waals surface area contributed by atoms with Gasteiger partial charge in [-0.3, -0.25) is 0 Å². The molecule has 1 unspecified atom stereocenters. The molecular formula is C15H24N2. The van der Waals surface area contributed by atoms with Gasteiger partial charge in [-0.2, -0.15) is 0 Å². The summed E-state index contributed by atoms with van der Waals surface area (Å²) in [6.45, 7) is 7.14. The molecule has 1 aromatic rings. The molecule has 0 radical (unpaired) electrons. The molecule has 1 saturated heterocycles. The number of likely N-dealkylation sites (tertiary alicyclic amines) is 1. The van der Waals surface area contributed by atoms with Crippen LogP contribution < -0.4 is 5.32 Å². The molecule has 0 aliphatic carbocycles. The summed E-state index contributed by atoms with van der Waals surface area (Å²) in [4.78, 5) is 2.61. The van der Waals surface area contributed by atoms with Crippen LogP contribution >= 0.6 is 0 Å². The van der Waals surface area contributed by atoms with Crippen LogP contribution in [0.3, 0.4) is 0 Å². The number of hydrogen-bond donors (Lipinski definition) is 1. The third-order valence-electron chi connectivity index (χ3n) is 3.82. The molecule has 1 heterocycles. The van der Waals surface area contributed by atoms with E-state index in [2.05, 4.69) is 48.5 Å². The smallest absolute Gasteiger partial charge is 0.00224 e. The van der Waals surface area contributed by atoms with Gasteiger partial charge in [-0.05, 0) is 56.9 Å². The SMILES string of the molecule is CNCC1CCN(CCc2ccccc2C)C1. The van der Waals surface area contributed by atoms with E-state index in [1.807, 2.05) is 0 Å². The third kappa shape index (κ3) is 3.55. The van der Waals surface area contributed by atoms with Gasteiger partial charge in [-0.15, -0.1) is 0 Å². The molecule has 2 rings (SSSR count). The number of benzene rings is 1. The van der Waals surface area contributed by atoms with Crippen molar-refractivity contribution in [1.29, 1.82) is 0 Å². The molecule has 1 fully saturated rings. The molecule has 2 nitrogen and oxygen atoms in total. The lowest BCUT2D eigenvalue weighted by Crippen LogP contribution is -2.26. The zero-order valence-electron chi connectivity index (χ0n) is 11.1. The van der Waals surface area contributed by atoms with Crippen molar-refractivity contribution in [3.8, 4) is 0 Å². The summed E-state index contributed by atoms with van der Waals surface area (Å²) in [6.07, 6.45) is 2.55. The Bertz CT molecular complexity index is 349. The number of nitrogens with one attached hydrogen (secondary N) is 1. The summed E-state index contributed by atoms with van der Waals surface area (Å²) in [5.41, 5.74) is 2.93. The fraction of sp³-hybridized carbons (Fsp3) is 0.600. The van der Waals surface area contributed by atoms with Crippen LogP contribution in [-0.2, 0) is 6.42 Å². The highest BCUT2D eigenvalue weighted by Crippen LogP contribution is 2.16. The van der Waals surface area contributed by atoms with Gasteiger partial charge in [0.05, 0.1) is 0 Å². The van der Waals surface area contributed by atoms with Gasteiger partial charge in [-0.25, -0.2) is 0 Å². The third-order valence-corrected chi connectivity index (χ3v) is 3.82. The van der Waals surface area contributed by atoms with Crippen LogP contribution in [-0.4, -0.2) is 38.1 Å². The minimum Gasteiger partial charge on any atom is -0.319 e. The predicted octanol–water partition coefficient (Wildman–Crippen LogP) is 2.08. The Labute approximate surface area is 105 Å². The van der Waals surface area contributed by atoms with E-state index in [9.17, 15) is 0 Å². The number of hydrogen-bond acceptors (Lipinski definition) is 2. The first kappa shape index (κ1) is 12.6. The molecule has 1 aromatic carbocycles. The molecule has 1 aliphatic rings. The second-order valence-corrected chi connectivity index (χ2v) is 5.19. The van der Waals surface area contributed by atoms with Crippen LogP contribution in [0, 0.1) is 12.8 Å². The zero-order valence-corrected chi connectivity index (χ0v) is 11.1. The lowest BCUT2D eigenvalue weighted by molar-refractivity contribution is 0.327. The Morgan fingerprint density at radius 2 is 2.18 bits per heavy atom. The average molecular weight is 232 g/mol. The van der Waals surface area contributed by atoms with E-state index in [1.54, 1.807) is 0 Å². The lowest BCUT2D eigenvalue weighted by Gasteiger charge is -2.16. The summed E-state index contributed by atoms with van der Waals surface area (Å²) in [7, 11) is 2.05. The van der Waals surface area contributed by atoms with E-state index >= 15 is 0 Å². The molecule has 1 N–H and O–H groups in total. The predicted molar refractivity (Wildman–Crippen MR) is 73.4 cm³/mol. The monoisotopic (exact) mass is 232 g/mol. The summed E-state index contributed by atoms with van der Waals surface area (Å²) < 4.78 is 0. The van der Waals surface area contributed by atoms with Gasteiger partial charge < -0.3 is 10.2 Å². The molecule has 0 aromatic heterocycles. The summed E-state index contributed by atoms with van der Waals surface area (Å²) >= 11 is 0. The summed E-state index contributed by atoms with van der Waals surface area (Å²) in [5, 5.41) is 3.29. The second-order valence-electron chi connectivity index (χ2n) is 5.19. The zero-order chi connectivity index (χ0) is 12.1. The van der Waals surface area contributed by atoms with Crippen molar-refractivity contribution in [2.45, 2.75) is 19.8 Å². The number of aryl methyl sites for hydroxylation is 1. The molecule has 0 spiro atoms. The first-order chi connectivity index (χ1) is 8.29. The minimum absolute atomic E-state index is 0.858. The van der Waals surface area contributed by atoms with Crippen LogP contribution in [0.2, 0.25) is 0 Å². The maximum atomic E-state index is 3.29. The van der Waals surface area contributed by atoms with Crippen LogP contribution in [0.1, 0.15) is 17.5 Å². The van der Waals surface area contributed by atoms with Gasteiger partial charge >= 0.3 is 0 Å². The van der Waals surface area contributed by atoms with Gasteiger partial charge in [0.2, 0.25) is 0 Å². The average Bonchev–Trinajstić information content (AvgIpc) is 2.76. The van der Waals surface area contributed by atoms with Crippen LogP contribution in [0.4, 0.5) is 0 Å². The normalized spacial score (nSPS) is 20.9. The van der Waals surface area contributed by atoms with Crippen molar-refractivity contribution in [1.82, 2.24) is 10.2 Å². The van der Waals surface area contributed by atoms with Gasteiger partial charge in [0.1, 0.15) is 0 Å². The van der Waals surface area contributed by atoms with Crippen molar-refractivity contribution >= 4 is 0 Å². The Hall–Kier alpha value is -0.860. The van der Waals surface area contributed by atoms with Crippen LogP contribution in [0.15, 0.2) is 24.3 Å². The van der Waals surface area contributed by atoms with Crippen LogP contribution in [0.5, 0.6) is 0 Å². The maximum absolute atomic E-state index is 3.29. The fourth-order valence-electron chi connectivity index (χ4n) is 2.74. The van der Waals surface area contributed by atoms with Crippen LogP contribution in [0.25, 0.3) is 0 Å². The Balaban J connectivity index is 1.78. The highest BCUT2D eigenvalue weighted by atomic mass is 15.1. The van der Waals surface area contributed by atoms with E-state index in [4.69, 9.17) is 0 Å². The lowest BCUT2D eigenvalue weighted by atomic mass is 10.1. The van der Waals surface area contributed by atoms with Crippen molar-refractivity contribution in [2.24, 2.45) is 5.92 Å². The maximum Gasteiger partial charge on any atom is 0.00224 e. The molecule has 0 saturated carbocycles. The van der Waals surface area contributed by atoms with Crippen molar-refractivity contribution in [2.75, 3.05) is 33.2 Å². The minimum atomic E-state index is 0.858. The molecule has 1 aliphatic heterocycles. The Kier molecular flexibility index (Phi) is 4.57. The highest BCUT2D eigenvalue weighted by Gasteiger charge is 2.21. The topological polar surface area (TPSA) is 15.3 Å². The molecule has 0 bridgehead atoms. The summed E-state index contributed by atoms with van der Waals surface area (Å²) in [5.74, 6) is 0.858. The van der Waals surface area contributed by atoms with E-state index in [1.165, 1.54) is 50.1 Å². The van der Waals surface area contributed by atoms with E-state index in [0.717, 1.165) is 5.92 Å².